The molecule has 0 aliphatic rings. The van der Waals surface area contributed by atoms with Crippen LogP contribution in [0.25, 0.3) is 0 Å². The second-order valence-electron chi connectivity index (χ2n) is 3.83. The first kappa shape index (κ1) is 15.0. The van der Waals surface area contributed by atoms with Crippen LogP contribution in [0.1, 0.15) is 31.9 Å². The highest BCUT2D eigenvalue weighted by molar-refractivity contribution is 5.91. The van der Waals surface area contributed by atoms with Crippen molar-refractivity contribution in [2.75, 3.05) is 6.61 Å². The lowest BCUT2D eigenvalue weighted by atomic mass is 10.1. The molecule has 0 radical (unpaired) electrons. The van der Waals surface area contributed by atoms with Crippen molar-refractivity contribution in [2.45, 2.75) is 26.4 Å². The summed E-state index contributed by atoms with van der Waals surface area (Å²) in [6.07, 6.45) is 2.52. The zero-order chi connectivity index (χ0) is 14.1. The van der Waals surface area contributed by atoms with Gasteiger partial charge < -0.3 is 9.47 Å². The molecule has 0 saturated carbocycles. The standard InChI is InChI=1S/C15H18O4/c1-3-13(12-8-6-5-7-9-12)19-15(17)11-10-14(16)18-4-2/h5-11,13H,3-4H2,1-2H3/b11-10+. The number of hydrogen-bond acceptors (Lipinski definition) is 4. The van der Waals surface area contributed by atoms with Gasteiger partial charge in [-0.25, -0.2) is 9.59 Å². The van der Waals surface area contributed by atoms with Gasteiger partial charge in [-0.1, -0.05) is 37.3 Å². The minimum atomic E-state index is -0.552. The summed E-state index contributed by atoms with van der Waals surface area (Å²) in [7, 11) is 0. The van der Waals surface area contributed by atoms with Crippen LogP contribution >= 0.6 is 0 Å². The number of carbonyl (C=O) groups excluding carboxylic acids is 2. The Kier molecular flexibility index (Phi) is 6.36. The molecule has 4 heteroatoms. The van der Waals surface area contributed by atoms with Gasteiger partial charge in [-0.3, -0.25) is 0 Å². The molecule has 1 unspecified atom stereocenters. The molecule has 1 atom stereocenters. The molecule has 0 amide bonds. The highest BCUT2D eigenvalue weighted by atomic mass is 16.5. The number of benzene rings is 1. The van der Waals surface area contributed by atoms with Gasteiger partial charge in [-0.05, 0) is 18.9 Å². The summed E-state index contributed by atoms with van der Waals surface area (Å²) in [4.78, 5) is 22.6. The van der Waals surface area contributed by atoms with Crippen molar-refractivity contribution >= 4 is 11.9 Å². The van der Waals surface area contributed by atoms with Gasteiger partial charge in [0.2, 0.25) is 0 Å². The van der Waals surface area contributed by atoms with Gasteiger partial charge in [0, 0.05) is 12.2 Å². The maximum atomic E-state index is 11.6. The lowest BCUT2D eigenvalue weighted by Gasteiger charge is -2.15. The van der Waals surface area contributed by atoms with Crippen molar-refractivity contribution in [1.29, 1.82) is 0 Å². The van der Waals surface area contributed by atoms with E-state index in [9.17, 15) is 9.59 Å². The summed E-state index contributed by atoms with van der Waals surface area (Å²) in [6.45, 7) is 3.91. The van der Waals surface area contributed by atoms with Crippen LogP contribution in [0.3, 0.4) is 0 Å². The van der Waals surface area contributed by atoms with E-state index >= 15 is 0 Å². The average Bonchev–Trinajstić information content (AvgIpc) is 2.44. The van der Waals surface area contributed by atoms with E-state index in [4.69, 9.17) is 4.74 Å². The largest absolute Gasteiger partial charge is 0.463 e. The second kappa shape index (κ2) is 8.08. The number of ether oxygens (including phenoxy) is 2. The molecule has 0 fully saturated rings. The van der Waals surface area contributed by atoms with Crippen molar-refractivity contribution in [3.05, 3.63) is 48.0 Å². The predicted molar refractivity (Wildman–Crippen MR) is 71.3 cm³/mol. The van der Waals surface area contributed by atoms with Gasteiger partial charge in [0.05, 0.1) is 6.61 Å². The van der Waals surface area contributed by atoms with Crippen LogP contribution in [-0.4, -0.2) is 18.5 Å². The minimum absolute atomic E-state index is 0.278. The first-order valence-electron chi connectivity index (χ1n) is 6.27. The fourth-order valence-corrected chi connectivity index (χ4v) is 1.56. The number of rotatable bonds is 6. The van der Waals surface area contributed by atoms with Crippen LogP contribution in [0, 0.1) is 0 Å². The van der Waals surface area contributed by atoms with E-state index in [1.165, 1.54) is 0 Å². The molecule has 0 aromatic heterocycles. The van der Waals surface area contributed by atoms with Gasteiger partial charge in [0.25, 0.3) is 0 Å². The lowest BCUT2D eigenvalue weighted by Crippen LogP contribution is -2.09. The maximum absolute atomic E-state index is 11.6. The van der Waals surface area contributed by atoms with Crippen molar-refractivity contribution < 1.29 is 19.1 Å². The van der Waals surface area contributed by atoms with Crippen LogP contribution in [0.4, 0.5) is 0 Å². The first-order chi connectivity index (χ1) is 9.17. The van der Waals surface area contributed by atoms with Crippen LogP contribution in [0.2, 0.25) is 0 Å². The fourth-order valence-electron chi connectivity index (χ4n) is 1.56. The quantitative estimate of drug-likeness (QED) is 0.584. The zero-order valence-electron chi connectivity index (χ0n) is 11.2. The molecular formula is C15H18O4. The Balaban J connectivity index is 2.57. The van der Waals surface area contributed by atoms with Crippen molar-refractivity contribution in [2.24, 2.45) is 0 Å². The predicted octanol–water partition coefficient (Wildman–Crippen LogP) is 2.80. The molecule has 0 spiro atoms. The number of hydrogen-bond donors (Lipinski definition) is 0. The van der Waals surface area contributed by atoms with E-state index in [1.54, 1.807) is 6.92 Å². The Morgan fingerprint density at radius 2 is 1.74 bits per heavy atom. The van der Waals surface area contributed by atoms with E-state index in [-0.39, 0.29) is 12.7 Å². The third-order valence-electron chi connectivity index (χ3n) is 2.44. The molecule has 0 bridgehead atoms. The summed E-state index contributed by atoms with van der Waals surface area (Å²) < 4.78 is 9.96. The maximum Gasteiger partial charge on any atom is 0.331 e. The van der Waals surface area contributed by atoms with E-state index in [0.29, 0.717) is 6.42 Å². The molecule has 0 saturated heterocycles. The molecule has 0 aliphatic heterocycles. The number of esters is 2. The number of carbonyl (C=O) groups is 2. The molecule has 19 heavy (non-hydrogen) atoms. The van der Waals surface area contributed by atoms with E-state index in [0.717, 1.165) is 17.7 Å². The van der Waals surface area contributed by atoms with Gasteiger partial charge in [-0.2, -0.15) is 0 Å². The molecule has 0 N–H and O–H groups in total. The third kappa shape index (κ3) is 5.38. The second-order valence-corrected chi connectivity index (χ2v) is 3.83. The molecule has 1 aromatic carbocycles. The monoisotopic (exact) mass is 262 g/mol. The normalized spacial score (nSPS) is 12.1. The highest BCUT2D eigenvalue weighted by Gasteiger charge is 2.12. The smallest absolute Gasteiger partial charge is 0.331 e. The Hall–Kier alpha value is -2.10. The van der Waals surface area contributed by atoms with Gasteiger partial charge >= 0.3 is 11.9 Å². The molecule has 1 rings (SSSR count). The van der Waals surface area contributed by atoms with Gasteiger partial charge in [0.15, 0.2) is 0 Å². The summed E-state index contributed by atoms with van der Waals surface area (Å²) in [6, 6.07) is 9.48. The van der Waals surface area contributed by atoms with E-state index < -0.39 is 11.9 Å². The van der Waals surface area contributed by atoms with Crippen LogP contribution in [-0.2, 0) is 19.1 Å². The summed E-state index contributed by atoms with van der Waals surface area (Å²) in [5, 5.41) is 0. The van der Waals surface area contributed by atoms with Gasteiger partial charge in [-0.15, -0.1) is 0 Å². The third-order valence-corrected chi connectivity index (χ3v) is 2.44. The molecule has 4 nitrogen and oxygen atoms in total. The van der Waals surface area contributed by atoms with Crippen LogP contribution in [0.15, 0.2) is 42.5 Å². The van der Waals surface area contributed by atoms with E-state index in [2.05, 4.69) is 4.74 Å². The van der Waals surface area contributed by atoms with Gasteiger partial charge in [0.1, 0.15) is 6.10 Å². The van der Waals surface area contributed by atoms with Crippen molar-refractivity contribution in [3.63, 3.8) is 0 Å². The molecule has 1 aromatic rings. The first-order valence-corrected chi connectivity index (χ1v) is 6.27. The Bertz CT molecular complexity index is 437. The Labute approximate surface area is 113 Å². The van der Waals surface area contributed by atoms with Crippen LogP contribution < -0.4 is 0 Å². The lowest BCUT2D eigenvalue weighted by molar-refractivity contribution is -0.144. The highest BCUT2D eigenvalue weighted by Crippen LogP contribution is 2.20. The molecule has 0 aliphatic carbocycles. The van der Waals surface area contributed by atoms with Crippen molar-refractivity contribution in [3.8, 4) is 0 Å². The Morgan fingerprint density at radius 3 is 2.32 bits per heavy atom. The topological polar surface area (TPSA) is 52.6 Å². The average molecular weight is 262 g/mol. The van der Waals surface area contributed by atoms with E-state index in [1.807, 2.05) is 37.3 Å². The minimum Gasteiger partial charge on any atom is -0.463 e. The molecule has 0 heterocycles. The summed E-state index contributed by atoms with van der Waals surface area (Å²) in [5.74, 6) is -1.10. The Morgan fingerprint density at radius 1 is 1.11 bits per heavy atom. The summed E-state index contributed by atoms with van der Waals surface area (Å²) >= 11 is 0. The SMILES string of the molecule is CCOC(=O)/C=C/C(=O)OC(CC)c1ccccc1. The molecule has 102 valence electrons. The zero-order valence-corrected chi connectivity index (χ0v) is 11.2. The van der Waals surface area contributed by atoms with Crippen LogP contribution in [0.5, 0.6) is 0 Å². The molecular weight excluding hydrogens is 244 g/mol. The summed E-state index contributed by atoms with van der Waals surface area (Å²) in [5.41, 5.74) is 0.933. The van der Waals surface area contributed by atoms with Crippen molar-refractivity contribution in [1.82, 2.24) is 0 Å². The fraction of sp³-hybridized carbons (Fsp3) is 0.333.